The van der Waals surface area contributed by atoms with Gasteiger partial charge in [-0.15, -0.1) is 0 Å². The molecule has 1 atom stereocenters. The van der Waals surface area contributed by atoms with Crippen LogP contribution in [0, 0.1) is 11.8 Å². The summed E-state index contributed by atoms with van der Waals surface area (Å²) in [5.74, 6) is 0.887. The Morgan fingerprint density at radius 2 is 2.00 bits per heavy atom. The smallest absolute Gasteiger partial charge is 0.170 e. The molecule has 2 N–H and O–H groups in total. The zero-order valence-electron chi connectivity index (χ0n) is 14.3. The lowest BCUT2D eigenvalue weighted by atomic mass is 9.97. The van der Waals surface area contributed by atoms with E-state index >= 15 is 0 Å². The number of carbonyl (C=O) groups excluding carboxylic acids is 1. The summed E-state index contributed by atoms with van der Waals surface area (Å²) in [6.45, 7) is 11.2. The van der Waals surface area contributed by atoms with Gasteiger partial charge in [-0.05, 0) is 24.1 Å². The Bertz CT molecular complexity index is 525. The average Bonchev–Trinajstić information content (AvgIpc) is 2.54. The fraction of sp³-hybridized carbons (Fsp3) is 0.611. The van der Waals surface area contributed by atoms with Crippen molar-refractivity contribution in [3.8, 4) is 11.5 Å². The molecule has 5 heteroatoms. The first-order valence-electron chi connectivity index (χ1n) is 8.40. The molecule has 1 aromatic rings. The van der Waals surface area contributed by atoms with Gasteiger partial charge in [-0.2, -0.15) is 0 Å². The molecular formula is C18H28N2O3. The van der Waals surface area contributed by atoms with Gasteiger partial charge >= 0.3 is 0 Å². The molecule has 1 aromatic carbocycles. The summed E-state index contributed by atoms with van der Waals surface area (Å²) in [6.07, 6.45) is 0. The van der Waals surface area contributed by atoms with E-state index in [0.29, 0.717) is 23.8 Å². The summed E-state index contributed by atoms with van der Waals surface area (Å²) in [5.41, 5.74) is 0.355. The first-order valence-corrected chi connectivity index (χ1v) is 8.40. The minimum atomic E-state index is -0.153. The maximum atomic E-state index is 12.7. The van der Waals surface area contributed by atoms with Crippen molar-refractivity contribution in [2.24, 2.45) is 11.8 Å². The third-order valence-electron chi connectivity index (χ3n) is 4.01. The number of piperazine rings is 1. The topological polar surface area (TPSA) is 61.8 Å². The number of nitrogens with one attached hydrogen (secondary N) is 1. The lowest BCUT2D eigenvalue weighted by Crippen LogP contribution is -2.45. The third kappa shape index (κ3) is 5.22. The van der Waals surface area contributed by atoms with Gasteiger partial charge in [0.25, 0.3) is 0 Å². The van der Waals surface area contributed by atoms with Crippen molar-refractivity contribution in [1.82, 2.24) is 10.2 Å². The molecule has 0 bridgehead atoms. The number of aromatic hydroxyl groups is 1. The number of Topliss-reactive ketones (excluding diaryl/α,β-unsaturated/α-hetero) is 1. The normalized spacial score (nSPS) is 17.2. The molecule has 1 saturated heterocycles. The standard InChI is InChI=1S/C18H28N2O3/c1-13(2)12-23-15-4-5-17(21)16(10-15)18(22)14(3)11-20-8-6-19-7-9-20/h4-5,10,13-14,19,21H,6-9,11-12H2,1-3H3. The van der Waals surface area contributed by atoms with Crippen molar-refractivity contribution in [2.45, 2.75) is 20.8 Å². The number of rotatable bonds is 7. The second-order valence-corrected chi connectivity index (χ2v) is 6.70. The minimum absolute atomic E-state index is 0.0269. The van der Waals surface area contributed by atoms with E-state index in [-0.39, 0.29) is 17.5 Å². The Labute approximate surface area is 138 Å². The van der Waals surface area contributed by atoms with Crippen LogP contribution in [0.3, 0.4) is 0 Å². The van der Waals surface area contributed by atoms with Crippen LogP contribution < -0.4 is 10.1 Å². The van der Waals surface area contributed by atoms with Crippen LogP contribution in [0.1, 0.15) is 31.1 Å². The van der Waals surface area contributed by atoms with E-state index in [9.17, 15) is 9.90 Å². The van der Waals surface area contributed by atoms with E-state index in [2.05, 4.69) is 24.1 Å². The van der Waals surface area contributed by atoms with Crippen LogP contribution in [-0.2, 0) is 0 Å². The van der Waals surface area contributed by atoms with Gasteiger partial charge in [-0.3, -0.25) is 4.79 Å². The van der Waals surface area contributed by atoms with E-state index in [1.165, 1.54) is 0 Å². The van der Waals surface area contributed by atoms with E-state index in [0.717, 1.165) is 32.7 Å². The molecule has 23 heavy (non-hydrogen) atoms. The molecule has 1 unspecified atom stereocenters. The zero-order valence-corrected chi connectivity index (χ0v) is 14.3. The lowest BCUT2D eigenvalue weighted by molar-refractivity contribution is 0.0884. The van der Waals surface area contributed by atoms with Crippen molar-refractivity contribution in [2.75, 3.05) is 39.3 Å². The Hall–Kier alpha value is -1.59. The van der Waals surface area contributed by atoms with Gasteiger partial charge in [-0.25, -0.2) is 0 Å². The average molecular weight is 320 g/mol. The van der Waals surface area contributed by atoms with Crippen LogP contribution >= 0.6 is 0 Å². The molecule has 0 spiro atoms. The molecule has 1 aliphatic heterocycles. The number of phenolic OH excluding ortho intramolecular Hbond substituents is 1. The van der Waals surface area contributed by atoms with Crippen molar-refractivity contribution >= 4 is 5.78 Å². The van der Waals surface area contributed by atoms with Crippen molar-refractivity contribution < 1.29 is 14.6 Å². The Kier molecular flexibility index (Phi) is 6.42. The number of benzene rings is 1. The Balaban J connectivity index is 2.03. The first kappa shape index (κ1) is 17.8. The van der Waals surface area contributed by atoms with Gasteiger partial charge in [0.1, 0.15) is 11.5 Å². The molecule has 1 heterocycles. The number of carbonyl (C=O) groups is 1. The quantitative estimate of drug-likeness (QED) is 0.754. The highest BCUT2D eigenvalue weighted by Gasteiger charge is 2.22. The van der Waals surface area contributed by atoms with Crippen molar-refractivity contribution in [3.05, 3.63) is 23.8 Å². The molecule has 1 fully saturated rings. The largest absolute Gasteiger partial charge is 0.507 e. The van der Waals surface area contributed by atoms with E-state index in [4.69, 9.17) is 4.74 Å². The number of ether oxygens (including phenoxy) is 1. The Morgan fingerprint density at radius 3 is 2.65 bits per heavy atom. The van der Waals surface area contributed by atoms with Crippen LogP contribution in [0.25, 0.3) is 0 Å². The zero-order chi connectivity index (χ0) is 16.8. The number of hydrogen-bond donors (Lipinski definition) is 2. The van der Waals surface area contributed by atoms with Crippen molar-refractivity contribution in [3.63, 3.8) is 0 Å². The number of ketones is 1. The van der Waals surface area contributed by atoms with Gasteiger partial charge in [0.05, 0.1) is 12.2 Å². The highest BCUT2D eigenvalue weighted by molar-refractivity contribution is 6.00. The maximum absolute atomic E-state index is 12.7. The second-order valence-electron chi connectivity index (χ2n) is 6.70. The molecule has 5 nitrogen and oxygen atoms in total. The third-order valence-corrected chi connectivity index (χ3v) is 4.01. The summed E-state index contributed by atoms with van der Waals surface area (Å²) < 4.78 is 5.66. The second kappa shape index (κ2) is 8.31. The summed E-state index contributed by atoms with van der Waals surface area (Å²) in [7, 11) is 0. The SMILES string of the molecule is CC(C)COc1ccc(O)c(C(=O)C(C)CN2CCNCC2)c1. The molecular weight excluding hydrogens is 292 g/mol. The number of hydrogen-bond acceptors (Lipinski definition) is 5. The highest BCUT2D eigenvalue weighted by Crippen LogP contribution is 2.26. The van der Waals surface area contributed by atoms with E-state index < -0.39 is 0 Å². The van der Waals surface area contributed by atoms with Gasteiger partial charge in [0.2, 0.25) is 0 Å². The summed E-state index contributed by atoms with van der Waals surface area (Å²) >= 11 is 0. The predicted molar refractivity (Wildman–Crippen MR) is 91.2 cm³/mol. The van der Waals surface area contributed by atoms with Crippen LogP contribution in [0.4, 0.5) is 0 Å². The van der Waals surface area contributed by atoms with Crippen LogP contribution in [0.2, 0.25) is 0 Å². The molecule has 2 rings (SSSR count). The van der Waals surface area contributed by atoms with E-state index in [1.807, 2.05) is 6.92 Å². The Morgan fingerprint density at radius 1 is 1.30 bits per heavy atom. The maximum Gasteiger partial charge on any atom is 0.170 e. The van der Waals surface area contributed by atoms with Crippen LogP contribution in [0.5, 0.6) is 11.5 Å². The highest BCUT2D eigenvalue weighted by atomic mass is 16.5. The molecule has 128 valence electrons. The summed E-state index contributed by atoms with van der Waals surface area (Å²) in [5, 5.41) is 13.3. The lowest BCUT2D eigenvalue weighted by Gasteiger charge is -2.29. The first-order chi connectivity index (χ1) is 11.0. The van der Waals surface area contributed by atoms with Gasteiger partial charge < -0.3 is 20.1 Å². The van der Waals surface area contributed by atoms with Gasteiger partial charge in [0.15, 0.2) is 5.78 Å². The van der Waals surface area contributed by atoms with Gasteiger partial charge in [-0.1, -0.05) is 20.8 Å². The minimum Gasteiger partial charge on any atom is -0.507 e. The van der Waals surface area contributed by atoms with Gasteiger partial charge in [0, 0.05) is 38.6 Å². The predicted octanol–water partition coefficient (Wildman–Crippen LogP) is 2.15. The number of phenols is 1. The summed E-state index contributed by atoms with van der Waals surface area (Å²) in [6, 6.07) is 4.91. The molecule has 0 saturated carbocycles. The molecule has 0 radical (unpaired) electrons. The molecule has 0 aromatic heterocycles. The van der Waals surface area contributed by atoms with Crippen LogP contribution in [0.15, 0.2) is 18.2 Å². The number of nitrogens with zero attached hydrogens (tertiary/aromatic N) is 1. The van der Waals surface area contributed by atoms with Crippen molar-refractivity contribution in [1.29, 1.82) is 0 Å². The fourth-order valence-electron chi connectivity index (χ4n) is 2.69. The molecule has 1 aliphatic rings. The molecule has 0 aliphatic carbocycles. The fourth-order valence-corrected chi connectivity index (χ4v) is 2.69. The van der Waals surface area contributed by atoms with Crippen LogP contribution in [-0.4, -0.2) is 55.1 Å². The summed E-state index contributed by atoms with van der Waals surface area (Å²) in [4.78, 5) is 15.0. The molecule has 0 amide bonds. The van der Waals surface area contributed by atoms with E-state index in [1.54, 1.807) is 18.2 Å². The monoisotopic (exact) mass is 320 g/mol.